The SMILES string of the molecule is O=C(/C=C\C(=O)OCCOCCOCCO)OCCOCCOCCO. The van der Waals surface area contributed by atoms with Crippen LogP contribution in [0.1, 0.15) is 0 Å². The van der Waals surface area contributed by atoms with E-state index in [0.29, 0.717) is 26.4 Å². The molecule has 0 atom stereocenters. The van der Waals surface area contributed by atoms with E-state index in [0.717, 1.165) is 12.2 Å². The summed E-state index contributed by atoms with van der Waals surface area (Å²) in [4.78, 5) is 22.7. The van der Waals surface area contributed by atoms with Crippen molar-refractivity contribution in [2.75, 3.05) is 79.3 Å². The average molecular weight is 380 g/mol. The van der Waals surface area contributed by atoms with Crippen molar-refractivity contribution in [1.29, 1.82) is 0 Å². The van der Waals surface area contributed by atoms with Crippen molar-refractivity contribution in [1.82, 2.24) is 0 Å². The summed E-state index contributed by atoms with van der Waals surface area (Å²) in [7, 11) is 0. The summed E-state index contributed by atoms with van der Waals surface area (Å²) in [6.07, 6.45) is 1.94. The van der Waals surface area contributed by atoms with E-state index in [4.69, 9.17) is 38.6 Å². The molecule has 0 spiro atoms. The summed E-state index contributed by atoms with van der Waals surface area (Å²) in [5.74, 6) is -1.36. The van der Waals surface area contributed by atoms with Crippen LogP contribution in [0.5, 0.6) is 0 Å². The third-order valence-corrected chi connectivity index (χ3v) is 2.51. The van der Waals surface area contributed by atoms with Crippen LogP contribution >= 0.6 is 0 Å². The highest BCUT2D eigenvalue weighted by atomic mass is 16.6. The van der Waals surface area contributed by atoms with E-state index < -0.39 is 11.9 Å². The average Bonchev–Trinajstić information content (AvgIpc) is 2.64. The van der Waals surface area contributed by atoms with Gasteiger partial charge in [0, 0.05) is 12.2 Å². The first kappa shape index (κ1) is 24.4. The molecule has 0 aromatic rings. The molecular formula is C16H28O10. The molecule has 152 valence electrons. The Balaban J connectivity index is 3.45. The van der Waals surface area contributed by atoms with Crippen LogP contribution in [0.4, 0.5) is 0 Å². The van der Waals surface area contributed by atoms with Crippen molar-refractivity contribution in [2.24, 2.45) is 0 Å². The van der Waals surface area contributed by atoms with E-state index in [1.165, 1.54) is 0 Å². The van der Waals surface area contributed by atoms with E-state index in [9.17, 15) is 9.59 Å². The molecule has 0 aliphatic heterocycles. The molecular weight excluding hydrogens is 352 g/mol. The second-order valence-corrected chi connectivity index (χ2v) is 4.57. The summed E-state index contributed by atoms with van der Waals surface area (Å²) in [5.41, 5.74) is 0. The molecule has 0 unspecified atom stereocenters. The van der Waals surface area contributed by atoms with E-state index in [1.807, 2.05) is 0 Å². The summed E-state index contributed by atoms with van der Waals surface area (Å²) in [6, 6.07) is 0. The smallest absolute Gasteiger partial charge is 0.331 e. The molecule has 0 heterocycles. The first-order valence-corrected chi connectivity index (χ1v) is 8.25. The van der Waals surface area contributed by atoms with Gasteiger partial charge in [-0.15, -0.1) is 0 Å². The van der Waals surface area contributed by atoms with Gasteiger partial charge in [0.2, 0.25) is 0 Å². The van der Waals surface area contributed by atoms with Gasteiger partial charge < -0.3 is 38.6 Å². The lowest BCUT2D eigenvalue weighted by molar-refractivity contribution is -0.142. The van der Waals surface area contributed by atoms with Crippen LogP contribution in [0.2, 0.25) is 0 Å². The van der Waals surface area contributed by atoms with Gasteiger partial charge in [0.05, 0.1) is 66.1 Å². The molecule has 26 heavy (non-hydrogen) atoms. The van der Waals surface area contributed by atoms with Crippen LogP contribution in [0.25, 0.3) is 0 Å². The van der Waals surface area contributed by atoms with Crippen LogP contribution < -0.4 is 0 Å². The van der Waals surface area contributed by atoms with Crippen molar-refractivity contribution in [3.8, 4) is 0 Å². The molecule has 10 heteroatoms. The van der Waals surface area contributed by atoms with Gasteiger partial charge in [-0.25, -0.2) is 9.59 Å². The molecule has 0 radical (unpaired) electrons. The third-order valence-electron chi connectivity index (χ3n) is 2.51. The summed E-state index contributed by atoms with van der Waals surface area (Å²) in [5, 5.41) is 17.0. The van der Waals surface area contributed by atoms with E-state index in [2.05, 4.69) is 0 Å². The van der Waals surface area contributed by atoms with Gasteiger partial charge >= 0.3 is 11.9 Å². The van der Waals surface area contributed by atoms with Crippen molar-refractivity contribution >= 4 is 11.9 Å². The molecule has 0 aromatic carbocycles. The Morgan fingerprint density at radius 1 is 0.538 bits per heavy atom. The number of rotatable bonds is 18. The molecule has 0 bridgehead atoms. The number of aliphatic hydroxyl groups excluding tert-OH is 2. The number of carbonyl (C=O) groups excluding carboxylic acids is 2. The fourth-order valence-electron chi connectivity index (χ4n) is 1.41. The maximum absolute atomic E-state index is 11.3. The lowest BCUT2D eigenvalue weighted by atomic mass is 10.5. The van der Waals surface area contributed by atoms with Crippen LogP contribution in [0.3, 0.4) is 0 Å². The van der Waals surface area contributed by atoms with E-state index in [-0.39, 0.29) is 52.9 Å². The lowest BCUT2D eigenvalue weighted by Gasteiger charge is -2.05. The molecule has 0 rings (SSSR count). The first-order valence-electron chi connectivity index (χ1n) is 8.25. The highest BCUT2D eigenvalue weighted by Gasteiger charge is 2.01. The fraction of sp³-hybridized carbons (Fsp3) is 0.750. The highest BCUT2D eigenvalue weighted by Crippen LogP contribution is 1.88. The molecule has 0 amide bonds. The van der Waals surface area contributed by atoms with Crippen LogP contribution in [-0.4, -0.2) is 101 Å². The number of hydrogen-bond donors (Lipinski definition) is 2. The Labute approximate surface area is 152 Å². The Bertz CT molecular complexity index is 338. The monoisotopic (exact) mass is 380 g/mol. The van der Waals surface area contributed by atoms with Gasteiger partial charge in [0.25, 0.3) is 0 Å². The molecule has 10 nitrogen and oxygen atoms in total. The molecule has 0 aliphatic rings. The topological polar surface area (TPSA) is 130 Å². The Morgan fingerprint density at radius 3 is 1.19 bits per heavy atom. The Morgan fingerprint density at radius 2 is 0.846 bits per heavy atom. The van der Waals surface area contributed by atoms with Crippen LogP contribution in [-0.2, 0) is 38.0 Å². The Kier molecular flexibility index (Phi) is 18.6. The minimum atomic E-state index is -0.681. The number of aliphatic hydroxyl groups is 2. The number of carbonyl (C=O) groups is 2. The molecule has 2 N–H and O–H groups in total. The minimum Gasteiger partial charge on any atom is -0.460 e. The predicted molar refractivity (Wildman–Crippen MR) is 88.5 cm³/mol. The standard InChI is InChI=1S/C16H28O10/c17-3-5-21-7-9-23-11-13-25-15(19)1-2-16(20)26-14-12-24-10-8-22-6-4-18/h1-2,17-18H,3-14H2/b2-1-. The zero-order valence-corrected chi connectivity index (χ0v) is 14.8. The normalized spacial score (nSPS) is 11.0. The molecule has 0 aliphatic carbocycles. The largest absolute Gasteiger partial charge is 0.460 e. The third kappa shape index (κ3) is 18.8. The fourth-order valence-corrected chi connectivity index (χ4v) is 1.41. The highest BCUT2D eigenvalue weighted by molar-refractivity contribution is 5.91. The molecule has 0 aromatic heterocycles. The molecule has 0 saturated heterocycles. The van der Waals surface area contributed by atoms with Crippen LogP contribution in [0, 0.1) is 0 Å². The number of ether oxygens (including phenoxy) is 6. The molecule has 0 fully saturated rings. The van der Waals surface area contributed by atoms with Gasteiger partial charge in [-0.3, -0.25) is 0 Å². The maximum atomic E-state index is 11.3. The zero-order valence-electron chi connectivity index (χ0n) is 14.8. The van der Waals surface area contributed by atoms with Crippen molar-refractivity contribution in [2.45, 2.75) is 0 Å². The quantitative estimate of drug-likeness (QED) is 0.168. The van der Waals surface area contributed by atoms with E-state index in [1.54, 1.807) is 0 Å². The second-order valence-electron chi connectivity index (χ2n) is 4.57. The second kappa shape index (κ2) is 19.8. The number of hydrogen-bond acceptors (Lipinski definition) is 10. The van der Waals surface area contributed by atoms with Crippen molar-refractivity contribution in [3.63, 3.8) is 0 Å². The summed E-state index contributed by atoms with van der Waals surface area (Å²) >= 11 is 0. The first-order chi connectivity index (χ1) is 12.7. The van der Waals surface area contributed by atoms with Gasteiger partial charge in [0.15, 0.2) is 0 Å². The Hall–Kier alpha value is -1.56. The minimum absolute atomic E-state index is 0.0419. The van der Waals surface area contributed by atoms with Gasteiger partial charge in [-0.1, -0.05) is 0 Å². The zero-order chi connectivity index (χ0) is 19.3. The van der Waals surface area contributed by atoms with Gasteiger partial charge in [-0.2, -0.15) is 0 Å². The lowest BCUT2D eigenvalue weighted by Crippen LogP contribution is -2.13. The molecule has 0 saturated carbocycles. The summed E-state index contributed by atoms with van der Waals surface area (Å²) in [6.45, 7) is 2.27. The number of esters is 2. The maximum Gasteiger partial charge on any atom is 0.331 e. The van der Waals surface area contributed by atoms with Crippen LogP contribution in [0.15, 0.2) is 12.2 Å². The van der Waals surface area contributed by atoms with Crippen molar-refractivity contribution < 1.29 is 48.2 Å². The van der Waals surface area contributed by atoms with Gasteiger partial charge in [0.1, 0.15) is 13.2 Å². The van der Waals surface area contributed by atoms with Crippen molar-refractivity contribution in [3.05, 3.63) is 12.2 Å². The predicted octanol–water partition coefficient (Wildman–Crippen LogP) is -1.32. The summed E-state index contributed by atoms with van der Waals surface area (Å²) < 4.78 is 29.8. The van der Waals surface area contributed by atoms with Gasteiger partial charge in [-0.05, 0) is 0 Å². The van der Waals surface area contributed by atoms with E-state index >= 15 is 0 Å².